The molecule has 5 rings (SSSR count). The highest BCUT2D eigenvalue weighted by atomic mass is 16.1. The average molecular weight is 420 g/mol. The summed E-state index contributed by atoms with van der Waals surface area (Å²) >= 11 is 0. The third-order valence-corrected chi connectivity index (χ3v) is 5.91. The molecule has 158 valence electrons. The van der Waals surface area contributed by atoms with E-state index in [1.165, 1.54) is 16.3 Å². The third-order valence-electron chi connectivity index (χ3n) is 5.91. The van der Waals surface area contributed by atoms with Crippen LogP contribution in [0.4, 0.5) is 0 Å². The topological polar surface area (TPSA) is 46.9 Å². The van der Waals surface area contributed by atoms with Crippen LogP contribution < -0.4 is 5.32 Å². The van der Waals surface area contributed by atoms with E-state index in [-0.39, 0.29) is 11.9 Å². The Balaban J connectivity index is 1.53. The molecule has 0 aliphatic heterocycles. The number of imidazole rings is 1. The Morgan fingerprint density at radius 3 is 2.56 bits per heavy atom. The highest BCUT2D eigenvalue weighted by Gasteiger charge is 2.20. The largest absolute Gasteiger partial charge is 0.342 e. The molecule has 5 aromatic rings. The van der Waals surface area contributed by atoms with Gasteiger partial charge in [0.25, 0.3) is 5.91 Å². The Hall–Kier alpha value is -3.92. The summed E-state index contributed by atoms with van der Waals surface area (Å²) in [6.45, 7) is 4.67. The fourth-order valence-corrected chi connectivity index (χ4v) is 4.32. The molecule has 0 radical (unpaired) electrons. The van der Waals surface area contributed by atoms with E-state index in [0.717, 1.165) is 22.4 Å². The average Bonchev–Trinajstić information content (AvgIpc) is 3.18. The van der Waals surface area contributed by atoms with Crippen molar-refractivity contribution in [2.24, 2.45) is 0 Å². The van der Waals surface area contributed by atoms with E-state index in [9.17, 15) is 4.79 Å². The predicted octanol–water partition coefficient (Wildman–Crippen LogP) is 6.04. The highest BCUT2D eigenvalue weighted by molar-refractivity contribution is 5.94. The number of nitrogens with one attached hydrogen (secondary N) is 1. The van der Waals surface area contributed by atoms with Crippen molar-refractivity contribution in [3.05, 3.63) is 114 Å². The number of nitrogens with zero attached hydrogens (tertiary/aromatic N) is 2. The molecule has 0 spiro atoms. The number of amides is 1. The summed E-state index contributed by atoms with van der Waals surface area (Å²) in [7, 11) is 0. The van der Waals surface area contributed by atoms with Crippen LogP contribution in [0.2, 0.25) is 0 Å². The van der Waals surface area contributed by atoms with Gasteiger partial charge in [0.1, 0.15) is 5.82 Å². The first-order valence-electron chi connectivity index (χ1n) is 10.9. The van der Waals surface area contributed by atoms with Crippen molar-refractivity contribution < 1.29 is 4.79 Å². The maximum absolute atomic E-state index is 12.9. The van der Waals surface area contributed by atoms with Gasteiger partial charge in [0.2, 0.25) is 0 Å². The Kier molecular flexibility index (Phi) is 5.20. The minimum absolute atomic E-state index is 0.0926. The molecule has 4 heteroatoms. The first kappa shape index (κ1) is 20.0. The van der Waals surface area contributed by atoms with Gasteiger partial charge in [-0.1, -0.05) is 72.3 Å². The molecule has 0 aliphatic carbocycles. The number of benzene rings is 4. The van der Waals surface area contributed by atoms with Gasteiger partial charge in [-0.2, -0.15) is 0 Å². The van der Waals surface area contributed by atoms with Gasteiger partial charge in [-0.05, 0) is 54.4 Å². The zero-order chi connectivity index (χ0) is 22.1. The zero-order valence-corrected chi connectivity index (χ0v) is 18.2. The second-order valence-electron chi connectivity index (χ2n) is 8.25. The number of hydrogen-bond donors (Lipinski definition) is 1. The smallest absolute Gasteiger partial charge is 0.251 e. The highest BCUT2D eigenvalue weighted by Crippen LogP contribution is 2.25. The molecule has 0 saturated heterocycles. The summed E-state index contributed by atoms with van der Waals surface area (Å²) < 4.78 is 2.22. The van der Waals surface area contributed by atoms with E-state index >= 15 is 0 Å². The number of fused-ring (bicyclic) bond motifs is 2. The van der Waals surface area contributed by atoms with Crippen molar-refractivity contribution in [3.8, 4) is 0 Å². The van der Waals surface area contributed by atoms with Gasteiger partial charge >= 0.3 is 0 Å². The van der Waals surface area contributed by atoms with Crippen molar-refractivity contribution in [1.82, 2.24) is 14.9 Å². The van der Waals surface area contributed by atoms with Crippen molar-refractivity contribution in [3.63, 3.8) is 0 Å². The number of aromatic nitrogens is 2. The van der Waals surface area contributed by atoms with Crippen LogP contribution in [0.1, 0.15) is 40.3 Å². The summed E-state index contributed by atoms with van der Waals surface area (Å²) in [4.78, 5) is 17.8. The summed E-state index contributed by atoms with van der Waals surface area (Å²) in [5.41, 5.74) is 4.94. The second kappa shape index (κ2) is 8.31. The fraction of sp³-hybridized carbons (Fsp3) is 0.143. The lowest BCUT2D eigenvalue weighted by Crippen LogP contribution is -2.29. The van der Waals surface area contributed by atoms with Crippen molar-refractivity contribution in [1.29, 1.82) is 0 Å². The lowest BCUT2D eigenvalue weighted by Gasteiger charge is -2.17. The number of rotatable bonds is 5. The molecular formula is C28H25N3O. The second-order valence-corrected chi connectivity index (χ2v) is 8.25. The molecule has 0 fully saturated rings. The molecule has 1 atom stereocenters. The summed E-state index contributed by atoms with van der Waals surface area (Å²) in [5, 5.41) is 5.59. The predicted molar refractivity (Wildman–Crippen MR) is 130 cm³/mol. The first-order chi connectivity index (χ1) is 15.6. The maximum atomic E-state index is 12.9. The molecule has 32 heavy (non-hydrogen) atoms. The first-order valence-corrected chi connectivity index (χ1v) is 10.9. The van der Waals surface area contributed by atoms with Crippen LogP contribution in [-0.4, -0.2) is 15.5 Å². The van der Waals surface area contributed by atoms with Gasteiger partial charge in [0, 0.05) is 5.56 Å². The van der Waals surface area contributed by atoms with Crippen LogP contribution in [0, 0.1) is 6.92 Å². The fourth-order valence-electron chi connectivity index (χ4n) is 4.32. The zero-order valence-electron chi connectivity index (χ0n) is 18.2. The van der Waals surface area contributed by atoms with E-state index in [1.807, 2.05) is 56.3 Å². The van der Waals surface area contributed by atoms with E-state index in [2.05, 4.69) is 58.4 Å². The van der Waals surface area contributed by atoms with Crippen LogP contribution in [0.5, 0.6) is 0 Å². The quantitative estimate of drug-likeness (QED) is 0.378. The van der Waals surface area contributed by atoms with Crippen molar-refractivity contribution >= 4 is 27.7 Å². The molecule has 0 saturated carbocycles. The van der Waals surface area contributed by atoms with Gasteiger partial charge < -0.3 is 9.88 Å². The molecule has 0 bridgehead atoms. The molecule has 1 unspecified atom stereocenters. The van der Waals surface area contributed by atoms with Gasteiger partial charge in [-0.15, -0.1) is 0 Å². The van der Waals surface area contributed by atoms with E-state index in [4.69, 9.17) is 4.98 Å². The maximum Gasteiger partial charge on any atom is 0.251 e. The van der Waals surface area contributed by atoms with Crippen LogP contribution in [0.15, 0.2) is 91.0 Å². The summed E-state index contributed by atoms with van der Waals surface area (Å²) in [5.74, 6) is 0.755. The Labute approximate surface area is 187 Å². The van der Waals surface area contributed by atoms with Gasteiger partial charge in [0.15, 0.2) is 0 Å². The molecule has 1 amide bonds. The molecule has 0 aliphatic rings. The normalized spacial score (nSPS) is 12.2. The van der Waals surface area contributed by atoms with Crippen LogP contribution in [0.3, 0.4) is 0 Å². The van der Waals surface area contributed by atoms with E-state index in [1.54, 1.807) is 0 Å². The Bertz CT molecular complexity index is 1430. The number of carbonyl (C=O) groups excluding carboxylic acids is 1. The Morgan fingerprint density at radius 1 is 0.938 bits per heavy atom. The third kappa shape index (κ3) is 3.76. The molecule has 4 aromatic carbocycles. The minimum atomic E-state index is -0.245. The Morgan fingerprint density at radius 2 is 1.69 bits per heavy atom. The van der Waals surface area contributed by atoms with Crippen molar-refractivity contribution in [2.45, 2.75) is 26.4 Å². The van der Waals surface area contributed by atoms with Crippen LogP contribution in [0.25, 0.3) is 21.8 Å². The molecular weight excluding hydrogens is 394 g/mol. The monoisotopic (exact) mass is 419 g/mol. The van der Waals surface area contributed by atoms with Gasteiger partial charge in [-0.25, -0.2) is 4.98 Å². The van der Waals surface area contributed by atoms with Gasteiger partial charge in [0.05, 0.1) is 23.6 Å². The van der Waals surface area contributed by atoms with Crippen LogP contribution in [-0.2, 0) is 6.54 Å². The van der Waals surface area contributed by atoms with Gasteiger partial charge in [-0.3, -0.25) is 4.79 Å². The van der Waals surface area contributed by atoms with Crippen molar-refractivity contribution in [2.75, 3.05) is 0 Å². The molecule has 1 heterocycles. The number of para-hydroxylation sites is 2. The SMILES string of the molecule is Cc1cccc(C(=O)NC(C)c2nc3ccccc3n2Cc2cccc3ccccc23)c1. The molecule has 1 N–H and O–H groups in total. The number of aryl methyl sites for hydroxylation is 1. The number of hydrogen-bond acceptors (Lipinski definition) is 2. The lowest BCUT2D eigenvalue weighted by molar-refractivity contribution is 0.0937. The number of carbonyl (C=O) groups is 1. The standard InChI is InChI=1S/C28H25N3O/c1-19-9-7-12-22(17-19)28(32)29-20(2)27-30-25-15-5-6-16-26(25)31(27)18-23-13-8-11-21-10-3-4-14-24(21)23/h3-17,20H,18H2,1-2H3,(H,29,32). The lowest BCUT2D eigenvalue weighted by atomic mass is 10.0. The van der Waals surface area contributed by atoms with E-state index in [0.29, 0.717) is 12.1 Å². The van der Waals surface area contributed by atoms with Crippen LogP contribution >= 0.6 is 0 Å². The molecule has 4 nitrogen and oxygen atoms in total. The van der Waals surface area contributed by atoms with E-state index < -0.39 is 0 Å². The summed E-state index contributed by atoms with van der Waals surface area (Å²) in [6, 6.07) is 30.4. The molecule has 1 aromatic heterocycles. The summed E-state index contributed by atoms with van der Waals surface area (Å²) in [6.07, 6.45) is 0. The minimum Gasteiger partial charge on any atom is -0.342 e.